The van der Waals surface area contributed by atoms with Gasteiger partial charge < -0.3 is 30.6 Å². The minimum absolute atomic E-state index is 0.0866. The van der Waals surface area contributed by atoms with Crippen LogP contribution in [0.3, 0.4) is 0 Å². The molecule has 2 aliphatic rings. The fourth-order valence-corrected chi connectivity index (χ4v) is 6.71. The van der Waals surface area contributed by atoms with Crippen LogP contribution in [-0.4, -0.2) is 82.4 Å². The van der Waals surface area contributed by atoms with E-state index in [2.05, 4.69) is 42.5 Å². The first-order valence-corrected chi connectivity index (χ1v) is 13.6. The number of likely N-dealkylation sites (tertiary alicyclic amines) is 1. The molecule has 1 aromatic carbocycles. The summed E-state index contributed by atoms with van der Waals surface area (Å²) in [6, 6.07) is 3.00. The zero-order chi connectivity index (χ0) is 29.4. The summed E-state index contributed by atoms with van der Waals surface area (Å²) in [5.74, 6) is -2.92. The monoisotopic (exact) mass is 574 g/mol. The second-order valence-corrected chi connectivity index (χ2v) is 11.0. The van der Waals surface area contributed by atoms with E-state index in [1.54, 1.807) is 32.6 Å². The van der Waals surface area contributed by atoms with E-state index >= 15 is 4.39 Å². The first-order valence-electron chi connectivity index (χ1n) is 13.6. The number of carbonyl (C=O) groups is 1. The van der Waals surface area contributed by atoms with Gasteiger partial charge in [-0.2, -0.15) is 0 Å². The normalized spacial score (nSPS) is 18.8. The van der Waals surface area contributed by atoms with Gasteiger partial charge in [0.25, 0.3) is 0 Å². The van der Waals surface area contributed by atoms with Gasteiger partial charge in [-0.1, -0.05) is 0 Å². The summed E-state index contributed by atoms with van der Waals surface area (Å²) in [5.41, 5.74) is 4.93. The number of anilines is 2. The Labute approximate surface area is 237 Å². The number of hydrogen-bond acceptors (Lipinski definition) is 8. The highest BCUT2D eigenvalue weighted by Gasteiger charge is 2.41. The summed E-state index contributed by atoms with van der Waals surface area (Å²) >= 11 is 0. The quantitative estimate of drug-likeness (QED) is 0.249. The maximum absolute atomic E-state index is 15.6. The number of hydrogen-bond donors (Lipinski definition) is 4. The number of fused-ring (bicyclic) bond motifs is 5. The molecule has 2 atom stereocenters. The van der Waals surface area contributed by atoms with E-state index in [9.17, 15) is 19.1 Å². The number of rotatable bonds is 5. The Morgan fingerprint density at radius 2 is 1.95 bits per heavy atom. The highest BCUT2D eigenvalue weighted by atomic mass is 19.2. The van der Waals surface area contributed by atoms with Crippen LogP contribution in [0.2, 0.25) is 0 Å². The van der Waals surface area contributed by atoms with Gasteiger partial charge >= 0.3 is 5.97 Å². The maximum atomic E-state index is 15.6. The summed E-state index contributed by atoms with van der Waals surface area (Å²) in [6.45, 7) is 2.38. The zero-order valence-corrected chi connectivity index (χ0v) is 23.1. The number of H-pyrrole nitrogens is 1. The second kappa shape index (κ2) is 9.38. The average molecular weight is 575 g/mol. The van der Waals surface area contributed by atoms with Gasteiger partial charge in [-0.3, -0.25) is 4.79 Å². The van der Waals surface area contributed by atoms with Crippen molar-refractivity contribution in [3.05, 3.63) is 58.1 Å². The van der Waals surface area contributed by atoms with Gasteiger partial charge in [0, 0.05) is 69.0 Å². The lowest BCUT2D eigenvalue weighted by atomic mass is 10.0. The lowest BCUT2D eigenvalue weighted by Crippen LogP contribution is -2.32. The molecule has 0 spiro atoms. The smallest absolute Gasteiger partial charge is 0.341 e. The number of nitrogens with zero attached hydrogens (tertiary/aromatic N) is 5. The topological polar surface area (TPSA) is 131 Å². The van der Waals surface area contributed by atoms with Crippen LogP contribution in [0, 0.1) is 17.6 Å². The Kier molecular flexibility index (Phi) is 5.84. The van der Waals surface area contributed by atoms with Crippen molar-refractivity contribution in [3.8, 4) is 11.1 Å². The van der Waals surface area contributed by atoms with Gasteiger partial charge in [-0.05, 0) is 32.0 Å². The van der Waals surface area contributed by atoms with E-state index < -0.39 is 28.6 Å². The lowest BCUT2D eigenvalue weighted by molar-refractivity contribution is 0.0695. The molecular formula is C29H28F2N8O3. The van der Waals surface area contributed by atoms with Gasteiger partial charge in [-0.15, -0.1) is 0 Å². The van der Waals surface area contributed by atoms with Crippen LogP contribution in [0.25, 0.3) is 44.1 Å². The second-order valence-electron chi connectivity index (χ2n) is 11.0. The van der Waals surface area contributed by atoms with Crippen LogP contribution in [0.4, 0.5) is 20.2 Å². The lowest BCUT2D eigenvalue weighted by Gasteiger charge is -2.26. The van der Waals surface area contributed by atoms with Crippen molar-refractivity contribution in [2.45, 2.75) is 12.5 Å². The molecule has 2 saturated heterocycles. The number of nitrogens with one attached hydrogen (secondary N) is 3. The van der Waals surface area contributed by atoms with Crippen molar-refractivity contribution in [3.63, 3.8) is 0 Å². The molecule has 13 heteroatoms. The Morgan fingerprint density at radius 1 is 1.14 bits per heavy atom. The molecule has 0 aliphatic carbocycles. The average Bonchev–Trinajstić information content (AvgIpc) is 3.68. The third-order valence-electron chi connectivity index (χ3n) is 8.80. The molecule has 0 bridgehead atoms. The summed E-state index contributed by atoms with van der Waals surface area (Å²) < 4.78 is 31.9. The van der Waals surface area contributed by atoms with Gasteiger partial charge in [0.05, 0.1) is 33.1 Å². The van der Waals surface area contributed by atoms with Gasteiger partial charge in [0.1, 0.15) is 11.2 Å². The molecular weight excluding hydrogens is 546 g/mol. The predicted octanol–water partition coefficient (Wildman–Crippen LogP) is 3.42. The largest absolute Gasteiger partial charge is 0.477 e. The van der Waals surface area contributed by atoms with Gasteiger partial charge in [0.15, 0.2) is 17.3 Å². The first-order chi connectivity index (χ1) is 20.2. The molecule has 0 saturated carbocycles. The van der Waals surface area contributed by atoms with Crippen LogP contribution in [0.5, 0.6) is 0 Å². The molecule has 0 radical (unpaired) electrons. The molecule has 42 heavy (non-hydrogen) atoms. The number of halogens is 2. The van der Waals surface area contributed by atoms with Gasteiger partial charge in [-0.25, -0.2) is 28.2 Å². The molecule has 6 heterocycles. The highest BCUT2D eigenvalue weighted by molar-refractivity contribution is 6.18. The van der Waals surface area contributed by atoms with Crippen LogP contribution in [-0.2, 0) is 0 Å². The van der Waals surface area contributed by atoms with Crippen molar-refractivity contribution in [1.82, 2.24) is 24.5 Å². The fraction of sp³-hybridized carbons (Fsp3) is 0.310. The Balaban J connectivity index is 1.55. The standard InChI is InChI=1S/C29H28F2N8O3/c1-32-19-7-18(30)23(31)21-22-25(38-10-13-4-5-37(3)20(13)12-38)16(9-34-27(22)36-24(19)21)14-6-15-26(40)17(29(41)42)11-39(33-2)28(15)35-8-14/h6-9,11,13,20,32-33H,4-5,10,12H2,1-3H3,(H,34,36)(H,41,42)/t13-,20+/m1/s1. The third-order valence-corrected chi connectivity index (χ3v) is 8.80. The first kappa shape index (κ1) is 26.1. The van der Waals surface area contributed by atoms with E-state index in [0.29, 0.717) is 64.1 Å². The Bertz CT molecular complexity index is 2010. The van der Waals surface area contributed by atoms with Crippen LogP contribution < -0.4 is 21.1 Å². The number of carboxylic acids is 1. The Morgan fingerprint density at radius 3 is 2.67 bits per heavy atom. The van der Waals surface area contributed by atoms with E-state index in [4.69, 9.17) is 0 Å². The number of aromatic nitrogens is 4. The number of aromatic carboxylic acids is 1. The Hall–Kier alpha value is -4.78. The van der Waals surface area contributed by atoms with Crippen molar-refractivity contribution in [2.24, 2.45) is 5.92 Å². The maximum Gasteiger partial charge on any atom is 0.341 e. The van der Waals surface area contributed by atoms with E-state index in [1.807, 2.05) is 0 Å². The summed E-state index contributed by atoms with van der Waals surface area (Å²) in [6.07, 6.45) is 5.44. The molecule has 2 fully saturated rings. The van der Waals surface area contributed by atoms with E-state index in [0.717, 1.165) is 19.0 Å². The molecule has 2 aliphatic heterocycles. The molecule has 7 rings (SSSR count). The molecule has 11 nitrogen and oxygen atoms in total. The van der Waals surface area contributed by atoms with Crippen molar-refractivity contribution in [2.75, 3.05) is 56.4 Å². The van der Waals surface area contributed by atoms with Crippen LogP contribution in [0.15, 0.2) is 35.5 Å². The molecule has 4 aromatic heterocycles. The highest BCUT2D eigenvalue weighted by Crippen LogP contribution is 2.45. The minimum atomic E-state index is -1.36. The number of aromatic amines is 1. The van der Waals surface area contributed by atoms with Crippen molar-refractivity contribution < 1.29 is 18.7 Å². The van der Waals surface area contributed by atoms with Crippen LogP contribution in [0.1, 0.15) is 16.8 Å². The molecule has 4 N–H and O–H groups in total. The third kappa shape index (κ3) is 3.66. The summed E-state index contributed by atoms with van der Waals surface area (Å²) in [7, 11) is 5.32. The van der Waals surface area contributed by atoms with Crippen molar-refractivity contribution in [1.29, 1.82) is 0 Å². The van der Waals surface area contributed by atoms with Gasteiger partial charge in [0.2, 0.25) is 5.43 Å². The number of benzene rings is 1. The SMILES string of the molecule is CNc1cc(F)c(F)c2c1[nH]c1ncc(-c3cnc4c(c3)c(=O)c(C(=O)O)cn4NC)c(N3C[C@H]4CCN(C)[C@H]4C3)c12. The molecule has 5 aromatic rings. The summed E-state index contributed by atoms with van der Waals surface area (Å²) in [4.78, 5) is 41.9. The zero-order valence-electron chi connectivity index (χ0n) is 23.1. The molecule has 216 valence electrons. The predicted molar refractivity (Wildman–Crippen MR) is 157 cm³/mol. The number of carboxylic acid groups (broad SMARTS) is 1. The van der Waals surface area contributed by atoms with Crippen molar-refractivity contribution >= 4 is 50.3 Å². The van der Waals surface area contributed by atoms with E-state index in [-0.39, 0.29) is 16.4 Å². The fourth-order valence-electron chi connectivity index (χ4n) is 6.71. The number of pyridine rings is 3. The molecule has 0 unspecified atom stereocenters. The molecule has 0 amide bonds. The van der Waals surface area contributed by atoms with Crippen LogP contribution >= 0.6 is 0 Å². The van der Waals surface area contributed by atoms with E-state index in [1.165, 1.54) is 10.9 Å². The summed E-state index contributed by atoms with van der Waals surface area (Å²) in [5, 5.41) is 13.2. The minimum Gasteiger partial charge on any atom is -0.477 e. The number of likely N-dealkylation sites (N-methyl/N-ethyl adjacent to an activating group) is 1.